The normalized spacial score (nSPS) is 26.2. The number of halogens is 1. The van der Waals surface area contributed by atoms with Crippen molar-refractivity contribution < 1.29 is 9.59 Å². The van der Waals surface area contributed by atoms with E-state index in [9.17, 15) is 9.59 Å². The van der Waals surface area contributed by atoms with Crippen LogP contribution in [0.1, 0.15) is 37.0 Å². The summed E-state index contributed by atoms with van der Waals surface area (Å²) in [4.78, 5) is 27.6. The average molecular weight is 370 g/mol. The number of thioether (sulfide) groups is 1. The van der Waals surface area contributed by atoms with Gasteiger partial charge in [0.05, 0.1) is 10.9 Å². The molecule has 0 spiro atoms. The predicted octanol–water partition coefficient (Wildman–Crippen LogP) is 2.74. The van der Waals surface area contributed by atoms with Gasteiger partial charge < -0.3 is 16.0 Å². The molecule has 24 heavy (non-hydrogen) atoms. The maximum atomic E-state index is 12.9. The van der Waals surface area contributed by atoms with Gasteiger partial charge in [-0.25, -0.2) is 0 Å². The molecule has 2 aliphatic heterocycles. The van der Waals surface area contributed by atoms with Crippen molar-refractivity contribution in [3.63, 3.8) is 0 Å². The summed E-state index contributed by atoms with van der Waals surface area (Å²) in [5, 5.41) is 2.78. The maximum absolute atomic E-state index is 12.9. The molecule has 2 amide bonds. The number of nitrogens with one attached hydrogen (secondary N) is 1. The highest BCUT2D eigenvalue weighted by Gasteiger charge is 2.30. The Morgan fingerprint density at radius 2 is 2.17 bits per heavy atom. The van der Waals surface area contributed by atoms with Crippen LogP contribution in [-0.2, 0) is 4.79 Å². The zero-order valence-corrected chi connectivity index (χ0v) is 15.6. The Bertz CT molecular complexity index is 640. The van der Waals surface area contributed by atoms with E-state index >= 15 is 0 Å². The van der Waals surface area contributed by atoms with Crippen molar-refractivity contribution in [3.8, 4) is 0 Å². The topological polar surface area (TPSA) is 75.4 Å². The molecule has 3 atom stereocenters. The minimum Gasteiger partial charge on any atom is -0.334 e. The number of hydrogen-bond acceptors (Lipinski definition) is 4. The number of amides is 2. The van der Waals surface area contributed by atoms with Crippen molar-refractivity contribution >= 4 is 41.7 Å². The van der Waals surface area contributed by atoms with Gasteiger partial charge >= 0.3 is 0 Å². The molecule has 132 valence electrons. The van der Waals surface area contributed by atoms with Gasteiger partial charge in [-0.1, -0.05) is 6.92 Å². The Kier molecular flexibility index (Phi) is 6.17. The van der Waals surface area contributed by atoms with E-state index in [0.717, 1.165) is 30.0 Å². The van der Waals surface area contributed by atoms with Crippen LogP contribution in [0.15, 0.2) is 23.1 Å². The molecule has 2 heterocycles. The van der Waals surface area contributed by atoms with E-state index in [1.54, 1.807) is 6.07 Å². The molecular weight excluding hydrogens is 346 g/mol. The number of fused-ring (bicyclic) bond motifs is 1. The number of nitrogens with two attached hydrogens (primary N) is 1. The first-order valence-electron chi connectivity index (χ1n) is 8.12. The molecule has 7 heteroatoms. The number of piperidine rings is 1. The van der Waals surface area contributed by atoms with E-state index in [1.807, 2.05) is 24.0 Å². The molecule has 1 aromatic carbocycles. The van der Waals surface area contributed by atoms with Gasteiger partial charge in [0.15, 0.2) is 0 Å². The van der Waals surface area contributed by atoms with E-state index in [4.69, 9.17) is 5.73 Å². The second kappa shape index (κ2) is 7.76. The third-order valence-corrected chi connectivity index (χ3v) is 5.85. The summed E-state index contributed by atoms with van der Waals surface area (Å²) in [6, 6.07) is 5.67. The van der Waals surface area contributed by atoms with Crippen molar-refractivity contribution in [3.05, 3.63) is 23.8 Å². The lowest BCUT2D eigenvalue weighted by molar-refractivity contribution is -0.115. The fourth-order valence-corrected chi connectivity index (χ4v) is 4.18. The molecule has 5 nitrogen and oxygen atoms in total. The molecule has 0 aliphatic carbocycles. The Morgan fingerprint density at radius 1 is 1.42 bits per heavy atom. The quantitative estimate of drug-likeness (QED) is 0.840. The van der Waals surface area contributed by atoms with Crippen LogP contribution in [0, 0.1) is 5.92 Å². The number of rotatable bonds is 2. The summed E-state index contributed by atoms with van der Waals surface area (Å²) < 4.78 is 0. The first kappa shape index (κ1) is 19.1. The molecule has 1 saturated heterocycles. The van der Waals surface area contributed by atoms with E-state index in [0.29, 0.717) is 18.0 Å². The van der Waals surface area contributed by atoms with Crippen LogP contribution < -0.4 is 11.1 Å². The SMILES string of the molecule is CC1CCN(C(=O)c2ccc3c(c2)NC(=O)C(C)S3)C(CN)C1.Cl. The molecular formula is C17H24ClN3O2S. The van der Waals surface area contributed by atoms with Crippen LogP contribution in [0.3, 0.4) is 0 Å². The standard InChI is InChI=1S/C17H23N3O2S.ClH/c1-10-5-6-20(13(7-10)9-18)17(22)12-3-4-15-14(8-12)19-16(21)11(2)23-15;/h3-4,8,10-11,13H,5-7,9,18H2,1-2H3,(H,19,21);1H. The van der Waals surface area contributed by atoms with Crippen molar-refractivity contribution in [1.82, 2.24) is 4.90 Å². The molecule has 2 aliphatic rings. The number of carbonyl (C=O) groups is 2. The van der Waals surface area contributed by atoms with Gasteiger partial charge in [-0.3, -0.25) is 9.59 Å². The van der Waals surface area contributed by atoms with E-state index < -0.39 is 0 Å². The summed E-state index contributed by atoms with van der Waals surface area (Å²) in [5.74, 6) is 0.597. The molecule has 0 saturated carbocycles. The third kappa shape index (κ3) is 3.71. The Hall–Kier alpha value is -1.24. The van der Waals surface area contributed by atoms with Crippen LogP contribution in [0.4, 0.5) is 5.69 Å². The van der Waals surface area contributed by atoms with Crippen molar-refractivity contribution in [1.29, 1.82) is 0 Å². The fourth-order valence-electron chi connectivity index (χ4n) is 3.25. The van der Waals surface area contributed by atoms with Crippen molar-refractivity contribution in [2.45, 2.75) is 42.9 Å². The van der Waals surface area contributed by atoms with E-state index in [2.05, 4.69) is 12.2 Å². The summed E-state index contributed by atoms with van der Waals surface area (Å²) in [5.41, 5.74) is 7.21. The van der Waals surface area contributed by atoms with Crippen LogP contribution in [0.5, 0.6) is 0 Å². The Labute approximate surface area is 153 Å². The molecule has 3 rings (SSSR count). The number of likely N-dealkylation sites (tertiary alicyclic amines) is 1. The zero-order valence-electron chi connectivity index (χ0n) is 14.0. The van der Waals surface area contributed by atoms with Crippen molar-refractivity contribution in [2.24, 2.45) is 11.7 Å². The molecule has 1 aromatic rings. The number of anilines is 1. The Morgan fingerprint density at radius 3 is 2.88 bits per heavy atom. The number of hydrogen-bond donors (Lipinski definition) is 2. The Balaban J connectivity index is 0.00000208. The summed E-state index contributed by atoms with van der Waals surface area (Å²) in [6.45, 7) is 5.32. The molecule has 3 N–H and O–H groups in total. The highest BCUT2D eigenvalue weighted by molar-refractivity contribution is 8.00. The van der Waals surface area contributed by atoms with Gasteiger partial charge in [-0.2, -0.15) is 0 Å². The van der Waals surface area contributed by atoms with Gasteiger partial charge in [0.25, 0.3) is 5.91 Å². The van der Waals surface area contributed by atoms with Gasteiger partial charge in [-0.05, 0) is 43.9 Å². The first-order valence-corrected chi connectivity index (χ1v) is 9.00. The molecule has 1 fully saturated rings. The highest BCUT2D eigenvalue weighted by Crippen LogP contribution is 2.36. The molecule has 0 aromatic heterocycles. The minimum atomic E-state index is -0.103. The predicted molar refractivity (Wildman–Crippen MR) is 99.9 cm³/mol. The summed E-state index contributed by atoms with van der Waals surface area (Å²) >= 11 is 1.52. The second-order valence-electron chi connectivity index (χ2n) is 6.48. The van der Waals surface area contributed by atoms with E-state index in [1.165, 1.54) is 11.8 Å². The zero-order chi connectivity index (χ0) is 16.6. The van der Waals surface area contributed by atoms with Gasteiger partial charge in [-0.15, -0.1) is 24.2 Å². The lowest BCUT2D eigenvalue weighted by Crippen LogP contribution is -2.49. The van der Waals surface area contributed by atoms with Gasteiger partial charge in [0.2, 0.25) is 5.91 Å². The first-order chi connectivity index (χ1) is 11.0. The lowest BCUT2D eigenvalue weighted by Gasteiger charge is -2.38. The summed E-state index contributed by atoms with van der Waals surface area (Å²) in [7, 11) is 0. The van der Waals surface area contributed by atoms with Crippen LogP contribution >= 0.6 is 24.2 Å². The largest absolute Gasteiger partial charge is 0.334 e. The van der Waals surface area contributed by atoms with Crippen LogP contribution in [0.25, 0.3) is 0 Å². The monoisotopic (exact) mass is 369 g/mol. The van der Waals surface area contributed by atoms with Gasteiger partial charge in [0, 0.05) is 29.6 Å². The van der Waals surface area contributed by atoms with E-state index in [-0.39, 0.29) is 35.5 Å². The minimum absolute atomic E-state index is 0. The number of carbonyl (C=O) groups excluding carboxylic acids is 2. The molecule has 3 unspecified atom stereocenters. The summed E-state index contributed by atoms with van der Waals surface area (Å²) in [6.07, 6.45) is 1.97. The second-order valence-corrected chi connectivity index (χ2v) is 7.86. The average Bonchev–Trinajstić information content (AvgIpc) is 2.54. The highest BCUT2D eigenvalue weighted by atomic mass is 35.5. The van der Waals surface area contributed by atoms with Crippen molar-refractivity contribution in [2.75, 3.05) is 18.4 Å². The van der Waals surface area contributed by atoms with Crippen LogP contribution in [-0.4, -0.2) is 41.1 Å². The third-order valence-electron chi connectivity index (χ3n) is 4.67. The smallest absolute Gasteiger partial charge is 0.254 e. The van der Waals surface area contributed by atoms with Gasteiger partial charge in [0.1, 0.15) is 0 Å². The fraction of sp³-hybridized carbons (Fsp3) is 0.529. The molecule has 0 bridgehead atoms. The number of nitrogens with zero attached hydrogens (tertiary/aromatic N) is 1. The van der Waals surface area contributed by atoms with Crippen LogP contribution in [0.2, 0.25) is 0 Å². The lowest BCUT2D eigenvalue weighted by atomic mass is 9.92. The maximum Gasteiger partial charge on any atom is 0.254 e. The number of benzene rings is 1. The molecule has 0 radical (unpaired) electrons.